The van der Waals surface area contributed by atoms with Crippen LogP contribution in [0.25, 0.3) is 0 Å². The van der Waals surface area contributed by atoms with E-state index in [0.717, 1.165) is 24.7 Å². The second kappa shape index (κ2) is 4.23. The van der Waals surface area contributed by atoms with Crippen molar-refractivity contribution < 1.29 is 5.11 Å². The molecule has 0 aromatic carbocycles. The summed E-state index contributed by atoms with van der Waals surface area (Å²) in [6.07, 6.45) is 10.3. The summed E-state index contributed by atoms with van der Waals surface area (Å²) < 4.78 is 0. The van der Waals surface area contributed by atoms with E-state index in [1.807, 2.05) is 0 Å². The fourth-order valence-electron chi connectivity index (χ4n) is 6.38. The van der Waals surface area contributed by atoms with Gasteiger partial charge in [-0.15, -0.1) is 0 Å². The fourth-order valence-corrected chi connectivity index (χ4v) is 6.38. The summed E-state index contributed by atoms with van der Waals surface area (Å²) in [5.41, 5.74) is 1.48. The molecule has 3 saturated carbocycles. The third kappa shape index (κ3) is 1.69. The molecule has 19 heavy (non-hydrogen) atoms. The van der Waals surface area contributed by atoms with Crippen LogP contribution < -0.4 is 0 Å². The van der Waals surface area contributed by atoms with Gasteiger partial charge in [-0.25, -0.2) is 0 Å². The van der Waals surface area contributed by atoms with Crippen molar-refractivity contribution in [3.8, 4) is 0 Å². The first kappa shape index (κ1) is 13.9. The standard InChI is InChI=1S/C18H32O/c1-5-18(9-6-7-14(19)12-18)15-11-13-8-10-17(15,4)16(13,2)3/h13-15,19H,5-12H2,1-4H3/t13-,14?,15-,17+,18?/m1/s1. The second-order valence-electron chi connectivity index (χ2n) is 8.63. The zero-order valence-corrected chi connectivity index (χ0v) is 13.3. The van der Waals surface area contributed by atoms with Crippen LogP contribution in [-0.4, -0.2) is 11.2 Å². The van der Waals surface area contributed by atoms with Gasteiger partial charge in [0.05, 0.1) is 6.10 Å². The molecule has 1 nitrogen and oxygen atoms in total. The number of hydrogen-bond acceptors (Lipinski definition) is 1. The molecule has 0 aliphatic heterocycles. The van der Waals surface area contributed by atoms with E-state index in [9.17, 15) is 5.11 Å². The zero-order chi connectivity index (χ0) is 13.9. The molecular formula is C18H32O. The van der Waals surface area contributed by atoms with Gasteiger partial charge in [0.1, 0.15) is 0 Å². The Bertz CT molecular complexity index is 361. The molecule has 0 amide bonds. The van der Waals surface area contributed by atoms with E-state index in [1.54, 1.807) is 0 Å². The highest BCUT2D eigenvalue weighted by molar-refractivity contribution is 5.14. The summed E-state index contributed by atoms with van der Waals surface area (Å²) in [7, 11) is 0. The molecule has 3 aliphatic carbocycles. The fraction of sp³-hybridized carbons (Fsp3) is 1.00. The van der Waals surface area contributed by atoms with E-state index in [2.05, 4.69) is 27.7 Å². The van der Waals surface area contributed by atoms with Crippen LogP contribution in [0.1, 0.15) is 79.1 Å². The Morgan fingerprint density at radius 2 is 1.84 bits per heavy atom. The van der Waals surface area contributed by atoms with Crippen LogP contribution in [0.2, 0.25) is 0 Å². The van der Waals surface area contributed by atoms with Crippen molar-refractivity contribution in [3.05, 3.63) is 0 Å². The molecule has 1 N–H and O–H groups in total. The molecule has 5 atom stereocenters. The van der Waals surface area contributed by atoms with Gasteiger partial charge in [0.15, 0.2) is 0 Å². The minimum atomic E-state index is -0.0282. The molecule has 1 heteroatoms. The normalized spacial score (nSPS) is 52.6. The molecule has 0 aromatic heterocycles. The highest BCUT2D eigenvalue weighted by Crippen LogP contribution is 2.73. The number of aliphatic hydroxyl groups is 1. The molecule has 2 unspecified atom stereocenters. The van der Waals surface area contributed by atoms with Gasteiger partial charge in [-0.2, -0.15) is 0 Å². The van der Waals surface area contributed by atoms with Gasteiger partial charge in [-0.05, 0) is 66.6 Å². The molecule has 110 valence electrons. The van der Waals surface area contributed by atoms with Crippen LogP contribution in [0.4, 0.5) is 0 Å². The highest BCUT2D eigenvalue weighted by atomic mass is 16.3. The van der Waals surface area contributed by atoms with Crippen LogP contribution in [0.3, 0.4) is 0 Å². The molecule has 0 saturated heterocycles. The van der Waals surface area contributed by atoms with Gasteiger partial charge < -0.3 is 5.11 Å². The first-order valence-corrected chi connectivity index (χ1v) is 8.54. The van der Waals surface area contributed by atoms with Gasteiger partial charge in [0, 0.05) is 0 Å². The van der Waals surface area contributed by atoms with E-state index < -0.39 is 0 Å². The van der Waals surface area contributed by atoms with Gasteiger partial charge in [-0.1, -0.05) is 40.5 Å². The van der Waals surface area contributed by atoms with Crippen molar-refractivity contribution in [1.29, 1.82) is 0 Å². The quantitative estimate of drug-likeness (QED) is 0.761. The highest BCUT2D eigenvalue weighted by Gasteiger charge is 2.65. The van der Waals surface area contributed by atoms with Crippen molar-refractivity contribution in [2.75, 3.05) is 0 Å². The second-order valence-corrected chi connectivity index (χ2v) is 8.63. The van der Waals surface area contributed by atoms with Crippen LogP contribution in [0.15, 0.2) is 0 Å². The van der Waals surface area contributed by atoms with Gasteiger partial charge in [0.25, 0.3) is 0 Å². The predicted octanol–water partition coefficient (Wildman–Crippen LogP) is 4.78. The Labute approximate surface area is 119 Å². The number of rotatable bonds is 2. The Balaban J connectivity index is 1.94. The molecular weight excluding hydrogens is 232 g/mol. The molecule has 3 fully saturated rings. The summed E-state index contributed by atoms with van der Waals surface area (Å²) in [6.45, 7) is 9.99. The summed E-state index contributed by atoms with van der Waals surface area (Å²) in [6, 6.07) is 0. The Kier molecular flexibility index (Phi) is 3.10. The van der Waals surface area contributed by atoms with E-state index >= 15 is 0 Å². The summed E-state index contributed by atoms with van der Waals surface area (Å²) in [5, 5.41) is 10.2. The zero-order valence-electron chi connectivity index (χ0n) is 13.3. The maximum absolute atomic E-state index is 10.2. The smallest absolute Gasteiger partial charge is 0.0545 e. The maximum Gasteiger partial charge on any atom is 0.0545 e. The van der Waals surface area contributed by atoms with Crippen molar-refractivity contribution in [2.45, 2.75) is 85.2 Å². The molecule has 0 aromatic rings. The van der Waals surface area contributed by atoms with Gasteiger partial charge in [-0.3, -0.25) is 0 Å². The van der Waals surface area contributed by atoms with Crippen molar-refractivity contribution in [2.24, 2.45) is 28.1 Å². The van der Waals surface area contributed by atoms with Gasteiger partial charge in [0.2, 0.25) is 0 Å². The lowest BCUT2D eigenvalue weighted by molar-refractivity contribution is -0.0548. The monoisotopic (exact) mass is 264 g/mol. The molecule has 0 radical (unpaired) electrons. The lowest BCUT2D eigenvalue weighted by atomic mass is 9.53. The average Bonchev–Trinajstić information content (AvgIpc) is 2.71. The maximum atomic E-state index is 10.2. The number of fused-ring (bicyclic) bond motifs is 2. The SMILES string of the molecule is CCC1([C@@H]2C[C@H]3CC[C@]2(C)C3(C)C)CCCC(O)C1. The molecule has 0 heterocycles. The number of aliphatic hydroxyl groups excluding tert-OH is 1. The molecule has 3 rings (SSSR count). The molecule has 3 aliphatic rings. The Morgan fingerprint density at radius 1 is 1.11 bits per heavy atom. The predicted molar refractivity (Wildman–Crippen MR) is 79.9 cm³/mol. The first-order valence-electron chi connectivity index (χ1n) is 8.54. The molecule has 2 bridgehead atoms. The first-order chi connectivity index (χ1) is 8.86. The third-order valence-corrected chi connectivity index (χ3v) is 8.09. The average molecular weight is 264 g/mol. The summed E-state index contributed by atoms with van der Waals surface area (Å²) >= 11 is 0. The van der Waals surface area contributed by atoms with Gasteiger partial charge >= 0.3 is 0 Å². The lowest BCUT2D eigenvalue weighted by Crippen LogP contribution is -2.45. The van der Waals surface area contributed by atoms with Crippen LogP contribution in [0.5, 0.6) is 0 Å². The summed E-state index contributed by atoms with van der Waals surface area (Å²) in [4.78, 5) is 0. The third-order valence-electron chi connectivity index (χ3n) is 8.09. The minimum Gasteiger partial charge on any atom is -0.393 e. The lowest BCUT2D eigenvalue weighted by Gasteiger charge is -2.52. The minimum absolute atomic E-state index is 0.0282. The van der Waals surface area contributed by atoms with Crippen molar-refractivity contribution in [1.82, 2.24) is 0 Å². The number of hydrogen-bond donors (Lipinski definition) is 1. The summed E-state index contributed by atoms with van der Waals surface area (Å²) in [5.74, 6) is 1.79. The largest absolute Gasteiger partial charge is 0.393 e. The topological polar surface area (TPSA) is 20.2 Å². The van der Waals surface area contributed by atoms with Crippen LogP contribution in [0, 0.1) is 28.1 Å². The van der Waals surface area contributed by atoms with Crippen molar-refractivity contribution in [3.63, 3.8) is 0 Å². The Hall–Kier alpha value is -0.0400. The Morgan fingerprint density at radius 3 is 2.32 bits per heavy atom. The van der Waals surface area contributed by atoms with E-state index in [1.165, 1.54) is 38.5 Å². The molecule has 0 spiro atoms. The van der Waals surface area contributed by atoms with E-state index in [0.29, 0.717) is 16.2 Å². The van der Waals surface area contributed by atoms with Crippen molar-refractivity contribution >= 4 is 0 Å². The van der Waals surface area contributed by atoms with Crippen LogP contribution >= 0.6 is 0 Å². The van der Waals surface area contributed by atoms with E-state index in [4.69, 9.17) is 0 Å². The van der Waals surface area contributed by atoms with Crippen LogP contribution in [-0.2, 0) is 0 Å². The van der Waals surface area contributed by atoms with E-state index in [-0.39, 0.29) is 6.10 Å².